The molecule has 1 saturated carbocycles. The monoisotopic (exact) mass is 454 g/mol. The third kappa shape index (κ3) is 5.44. The molecule has 176 valence electrons. The molecule has 3 aromatic carbocycles. The third-order valence-corrected chi connectivity index (χ3v) is 7.67. The maximum atomic E-state index is 11.0. The van der Waals surface area contributed by atoms with Crippen LogP contribution in [0.3, 0.4) is 0 Å². The van der Waals surface area contributed by atoms with E-state index in [4.69, 9.17) is 5.11 Å². The van der Waals surface area contributed by atoms with Crippen molar-refractivity contribution >= 4 is 23.0 Å². The molecule has 0 amide bonds. The molecule has 2 fully saturated rings. The average molecular weight is 455 g/mol. The van der Waals surface area contributed by atoms with Crippen LogP contribution in [-0.2, 0) is 12.8 Å². The number of anilines is 3. The molecule has 0 radical (unpaired) electrons. The fourth-order valence-corrected chi connectivity index (χ4v) is 5.62. The number of rotatable bonds is 7. The minimum Gasteiger partial charge on any atom is -0.478 e. The molecule has 0 aromatic heterocycles. The van der Waals surface area contributed by atoms with Gasteiger partial charge >= 0.3 is 5.97 Å². The quantitative estimate of drug-likeness (QED) is 0.406. The van der Waals surface area contributed by atoms with Crippen molar-refractivity contribution in [2.75, 3.05) is 23.3 Å². The highest BCUT2D eigenvalue weighted by Gasteiger charge is 2.31. The van der Waals surface area contributed by atoms with Gasteiger partial charge in [0.1, 0.15) is 0 Å². The standard InChI is InChI=1S/C30H34N2O2/c33-30(34)25-11-15-28(16-12-25)31-27-13-7-22(8-14-27)5-6-23-9-17-29(18-10-23)32-20-19-24-3-1-2-4-26(24)21-32/h7-18,24,26,31H,1-6,19-21H2,(H,33,34)/t24-,26-/m0/s1. The number of hydrogen-bond acceptors (Lipinski definition) is 3. The van der Waals surface area contributed by atoms with Gasteiger partial charge in [-0.05, 0) is 97.2 Å². The predicted molar refractivity (Wildman–Crippen MR) is 139 cm³/mol. The number of carboxylic acids is 1. The Morgan fingerprint density at radius 2 is 1.32 bits per heavy atom. The number of hydrogen-bond donors (Lipinski definition) is 2. The highest BCUT2D eigenvalue weighted by molar-refractivity contribution is 5.88. The van der Waals surface area contributed by atoms with Crippen LogP contribution in [0.15, 0.2) is 72.8 Å². The predicted octanol–water partition coefficient (Wildman–Crippen LogP) is 6.93. The molecule has 1 aliphatic heterocycles. The summed E-state index contributed by atoms with van der Waals surface area (Å²) >= 11 is 0. The first kappa shape index (κ1) is 22.5. The summed E-state index contributed by atoms with van der Waals surface area (Å²) in [5.41, 5.74) is 6.26. The maximum absolute atomic E-state index is 11.0. The lowest BCUT2D eigenvalue weighted by atomic mass is 9.75. The van der Waals surface area contributed by atoms with Crippen LogP contribution in [0, 0.1) is 11.8 Å². The second kappa shape index (κ2) is 10.3. The Bertz CT molecular complexity index is 1090. The van der Waals surface area contributed by atoms with E-state index in [1.807, 2.05) is 0 Å². The van der Waals surface area contributed by atoms with Crippen LogP contribution in [0.5, 0.6) is 0 Å². The van der Waals surface area contributed by atoms with Gasteiger partial charge in [0.25, 0.3) is 0 Å². The minimum absolute atomic E-state index is 0.294. The van der Waals surface area contributed by atoms with Crippen molar-refractivity contribution in [3.05, 3.63) is 89.5 Å². The van der Waals surface area contributed by atoms with Gasteiger partial charge in [0, 0.05) is 30.2 Å². The molecule has 2 aliphatic rings. The molecular formula is C30H34N2O2. The summed E-state index contributed by atoms with van der Waals surface area (Å²) in [6.07, 6.45) is 9.15. The molecule has 0 unspecified atom stereocenters. The molecular weight excluding hydrogens is 420 g/mol. The van der Waals surface area contributed by atoms with E-state index >= 15 is 0 Å². The van der Waals surface area contributed by atoms with Gasteiger partial charge in [-0.3, -0.25) is 0 Å². The van der Waals surface area contributed by atoms with Crippen molar-refractivity contribution < 1.29 is 9.90 Å². The molecule has 4 nitrogen and oxygen atoms in total. The highest BCUT2D eigenvalue weighted by atomic mass is 16.4. The van der Waals surface area contributed by atoms with Gasteiger partial charge in [-0.15, -0.1) is 0 Å². The van der Waals surface area contributed by atoms with Crippen LogP contribution in [0.1, 0.15) is 53.6 Å². The summed E-state index contributed by atoms with van der Waals surface area (Å²) in [5.74, 6) is 0.974. The van der Waals surface area contributed by atoms with Crippen LogP contribution in [0.25, 0.3) is 0 Å². The molecule has 34 heavy (non-hydrogen) atoms. The lowest BCUT2D eigenvalue weighted by Crippen LogP contribution is -2.41. The zero-order valence-electron chi connectivity index (χ0n) is 19.7. The zero-order valence-corrected chi connectivity index (χ0v) is 19.7. The number of carboxylic acid groups (broad SMARTS) is 1. The summed E-state index contributed by atoms with van der Waals surface area (Å²) in [4.78, 5) is 13.6. The van der Waals surface area contributed by atoms with Crippen molar-refractivity contribution in [1.82, 2.24) is 0 Å². The molecule has 2 N–H and O–H groups in total. The molecule has 2 atom stereocenters. The van der Waals surface area contributed by atoms with E-state index in [2.05, 4.69) is 58.7 Å². The summed E-state index contributed by atoms with van der Waals surface area (Å²) in [6, 6.07) is 24.5. The summed E-state index contributed by atoms with van der Waals surface area (Å²) < 4.78 is 0. The third-order valence-electron chi connectivity index (χ3n) is 7.67. The molecule has 1 heterocycles. The summed E-state index contributed by atoms with van der Waals surface area (Å²) in [6.45, 7) is 2.46. The van der Waals surface area contributed by atoms with Crippen molar-refractivity contribution in [1.29, 1.82) is 0 Å². The van der Waals surface area contributed by atoms with Gasteiger partial charge < -0.3 is 15.3 Å². The van der Waals surface area contributed by atoms with Crippen LogP contribution in [0.4, 0.5) is 17.1 Å². The number of benzene rings is 3. The van der Waals surface area contributed by atoms with E-state index in [0.29, 0.717) is 5.56 Å². The van der Waals surface area contributed by atoms with Crippen molar-refractivity contribution in [3.63, 3.8) is 0 Å². The van der Waals surface area contributed by atoms with Gasteiger partial charge in [0.2, 0.25) is 0 Å². The Balaban J connectivity index is 1.12. The van der Waals surface area contributed by atoms with E-state index in [1.165, 1.54) is 62.0 Å². The Morgan fingerprint density at radius 1 is 0.765 bits per heavy atom. The largest absolute Gasteiger partial charge is 0.478 e. The second-order valence-electron chi connectivity index (χ2n) is 9.91. The van der Waals surface area contributed by atoms with E-state index in [-0.39, 0.29) is 0 Å². The van der Waals surface area contributed by atoms with Crippen LogP contribution >= 0.6 is 0 Å². The molecule has 5 rings (SSSR count). The smallest absolute Gasteiger partial charge is 0.335 e. The molecule has 1 saturated heterocycles. The summed E-state index contributed by atoms with van der Waals surface area (Å²) in [5, 5.41) is 12.3. The van der Waals surface area contributed by atoms with Crippen LogP contribution < -0.4 is 10.2 Å². The number of nitrogens with one attached hydrogen (secondary N) is 1. The van der Waals surface area contributed by atoms with E-state index < -0.39 is 5.97 Å². The van der Waals surface area contributed by atoms with Crippen LogP contribution in [-0.4, -0.2) is 24.2 Å². The Labute approximate surface area is 202 Å². The molecule has 1 aliphatic carbocycles. The Morgan fingerprint density at radius 3 is 1.94 bits per heavy atom. The number of aromatic carboxylic acids is 1. The second-order valence-corrected chi connectivity index (χ2v) is 9.91. The normalized spacial score (nSPS) is 19.9. The highest BCUT2D eigenvalue weighted by Crippen LogP contribution is 2.37. The first-order chi connectivity index (χ1) is 16.6. The van der Waals surface area contributed by atoms with Gasteiger partial charge in [-0.1, -0.05) is 43.5 Å². The number of carbonyl (C=O) groups is 1. The van der Waals surface area contributed by atoms with Crippen molar-refractivity contribution in [3.8, 4) is 0 Å². The van der Waals surface area contributed by atoms with Gasteiger partial charge in [0.15, 0.2) is 0 Å². The lowest BCUT2D eigenvalue weighted by Gasteiger charge is -2.42. The Hall–Kier alpha value is -3.27. The van der Waals surface area contributed by atoms with E-state index in [0.717, 1.165) is 36.1 Å². The lowest BCUT2D eigenvalue weighted by molar-refractivity contribution is 0.0697. The number of aryl methyl sites for hydroxylation is 2. The zero-order chi connectivity index (χ0) is 23.3. The topological polar surface area (TPSA) is 52.6 Å². The summed E-state index contributed by atoms with van der Waals surface area (Å²) in [7, 11) is 0. The molecule has 3 aromatic rings. The van der Waals surface area contributed by atoms with E-state index in [1.54, 1.807) is 24.3 Å². The maximum Gasteiger partial charge on any atom is 0.335 e. The molecule has 0 bridgehead atoms. The number of piperidine rings is 1. The first-order valence-corrected chi connectivity index (χ1v) is 12.7. The molecule has 4 heteroatoms. The Kier molecular flexibility index (Phi) is 6.84. The average Bonchev–Trinajstić information content (AvgIpc) is 2.89. The minimum atomic E-state index is -0.908. The fourth-order valence-electron chi connectivity index (χ4n) is 5.62. The number of nitrogens with zero attached hydrogens (tertiary/aromatic N) is 1. The van der Waals surface area contributed by atoms with Gasteiger partial charge in [-0.25, -0.2) is 4.79 Å². The first-order valence-electron chi connectivity index (χ1n) is 12.7. The van der Waals surface area contributed by atoms with Gasteiger partial charge in [-0.2, -0.15) is 0 Å². The van der Waals surface area contributed by atoms with Crippen molar-refractivity contribution in [2.24, 2.45) is 11.8 Å². The van der Waals surface area contributed by atoms with Gasteiger partial charge in [0.05, 0.1) is 5.56 Å². The SMILES string of the molecule is O=C(O)c1ccc(Nc2ccc(CCc3ccc(N4CC[C@@H]5CCCC[C@H]5C4)cc3)cc2)cc1. The molecule has 0 spiro atoms. The van der Waals surface area contributed by atoms with E-state index in [9.17, 15) is 4.79 Å². The van der Waals surface area contributed by atoms with Crippen LogP contribution in [0.2, 0.25) is 0 Å². The van der Waals surface area contributed by atoms with Crippen molar-refractivity contribution in [2.45, 2.75) is 44.9 Å². The number of fused-ring (bicyclic) bond motifs is 1. The fraction of sp³-hybridized carbons (Fsp3) is 0.367.